The average molecular weight is 378 g/mol. The summed E-state index contributed by atoms with van der Waals surface area (Å²) in [6, 6.07) is 6.70. The Morgan fingerprint density at radius 1 is 1.27 bits per heavy atom. The minimum absolute atomic E-state index is 0.0607. The fourth-order valence-electron chi connectivity index (χ4n) is 2.94. The highest BCUT2D eigenvalue weighted by Crippen LogP contribution is 2.20. The van der Waals surface area contributed by atoms with E-state index in [2.05, 4.69) is 16.7 Å². The van der Waals surface area contributed by atoms with E-state index in [0.29, 0.717) is 17.3 Å². The first-order valence-corrected chi connectivity index (χ1v) is 9.55. The number of carbonyl (C=O) groups is 2. The molecule has 0 unspecified atom stereocenters. The maximum Gasteiger partial charge on any atom is 0.238 e. The van der Waals surface area contributed by atoms with Gasteiger partial charge in [-0.3, -0.25) is 14.5 Å². The predicted octanol–water partition coefficient (Wildman–Crippen LogP) is 3.61. The van der Waals surface area contributed by atoms with Crippen LogP contribution in [0.3, 0.4) is 0 Å². The highest BCUT2D eigenvalue weighted by molar-refractivity contribution is 6.33. The van der Waals surface area contributed by atoms with Crippen LogP contribution in [0.15, 0.2) is 35.9 Å². The topological polar surface area (TPSA) is 61.4 Å². The number of carbonyl (C=O) groups excluding carboxylic acids is 2. The normalized spacial score (nSPS) is 15.3. The van der Waals surface area contributed by atoms with Gasteiger partial charge in [-0.1, -0.05) is 35.4 Å². The van der Waals surface area contributed by atoms with Crippen molar-refractivity contribution in [2.45, 2.75) is 45.1 Å². The van der Waals surface area contributed by atoms with Crippen LogP contribution in [-0.4, -0.2) is 42.9 Å². The minimum Gasteiger partial charge on any atom is -0.354 e. The third kappa shape index (κ3) is 6.46. The second-order valence-corrected chi connectivity index (χ2v) is 7.18. The first-order valence-electron chi connectivity index (χ1n) is 9.17. The molecule has 0 spiro atoms. The molecule has 1 atom stereocenters. The number of nitrogens with zero attached hydrogens (tertiary/aromatic N) is 1. The van der Waals surface area contributed by atoms with E-state index in [4.69, 9.17) is 11.6 Å². The van der Waals surface area contributed by atoms with E-state index in [-0.39, 0.29) is 24.4 Å². The SMILES string of the molecule is C[C@@H](C(=O)NCCC1=CCCCC1)N(C)CC(=O)Nc1ccccc1Cl. The lowest BCUT2D eigenvalue weighted by atomic mass is 9.97. The number of hydrogen-bond donors (Lipinski definition) is 2. The number of allylic oxidation sites excluding steroid dienone is 1. The summed E-state index contributed by atoms with van der Waals surface area (Å²) in [4.78, 5) is 26.2. The number of amides is 2. The van der Waals surface area contributed by atoms with Crippen LogP contribution in [0.2, 0.25) is 5.02 Å². The molecule has 6 heteroatoms. The van der Waals surface area contributed by atoms with Gasteiger partial charge in [-0.2, -0.15) is 0 Å². The molecule has 1 aromatic carbocycles. The van der Waals surface area contributed by atoms with E-state index >= 15 is 0 Å². The van der Waals surface area contributed by atoms with Crippen molar-refractivity contribution in [2.75, 3.05) is 25.5 Å². The zero-order valence-corrected chi connectivity index (χ0v) is 16.3. The highest BCUT2D eigenvalue weighted by atomic mass is 35.5. The Bertz CT molecular complexity index is 660. The van der Waals surface area contributed by atoms with E-state index in [9.17, 15) is 9.59 Å². The quantitative estimate of drug-likeness (QED) is 0.680. The molecule has 0 heterocycles. The molecule has 2 amide bonds. The van der Waals surface area contributed by atoms with E-state index in [1.807, 2.05) is 6.07 Å². The van der Waals surface area contributed by atoms with Gasteiger partial charge in [0.25, 0.3) is 0 Å². The Balaban J connectivity index is 1.74. The molecule has 1 aromatic rings. The monoisotopic (exact) mass is 377 g/mol. The van der Waals surface area contributed by atoms with Gasteiger partial charge in [0.15, 0.2) is 0 Å². The number of nitrogens with one attached hydrogen (secondary N) is 2. The molecule has 0 fully saturated rings. The fraction of sp³-hybridized carbons (Fsp3) is 0.500. The standard InChI is InChI=1S/C20H28ClN3O2/c1-15(20(26)22-13-12-16-8-4-3-5-9-16)24(2)14-19(25)23-18-11-7-6-10-17(18)21/h6-8,10-11,15H,3-5,9,12-14H2,1-2H3,(H,22,26)(H,23,25)/t15-/m0/s1. The largest absolute Gasteiger partial charge is 0.354 e. The van der Waals surface area contributed by atoms with Crippen LogP contribution in [0.1, 0.15) is 39.0 Å². The first kappa shape index (κ1) is 20.5. The summed E-state index contributed by atoms with van der Waals surface area (Å²) < 4.78 is 0. The van der Waals surface area contributed by atoms with Gasteiger partial charge in [0.1, 0.15) is 0 Å². The molecule has 2 N–H and O–H groups in total. The summed E-state index contributed by atoms with van der Waals surface area (Å²) in [5.74, 6) is -0.262. The minimum atomic E-state index is -0.382. The van der Waals surface area contributed by atoms with Crippen molar-refractivity contribution in [2.24, 2.45) is 0 Å². The molecule has 2 rings (SSSR count). The Labute approximate surface area is 160 Å². The molecule has 5 nitrogen and oxygen atoms in total. The van der Waals surface area contributed by atoms with Crippen molar-refractivity contribution in [3.8, 4) is 0 Å². The summed E-state index contributed by atoms with van der Waals surface area (Å²) in [6.07, 6.45) is 8.03. The fourth-order valence-corrected chi connectivity index (χ4v) is 3.12. The zero-order chi connectivity index (χ0) is 18.9. The Morgan fingerprint density at radius 3 is 2.73 bits per heavy atom. The predicted molar refractivity (Wildman–Crippen MR) is 106 cm³/mol. The van der Waals surface area contributed by atoms with Gasteiger partial charge in [0.05, 0.1) is 23.3 Å². The van der Waals surface area contributed by atoms with Gasteiger partial charge in [-0.25, -0.2) is 0 Å². The molecule has 26 heavy (non-hydrogen) atoms. The maximum atomic E-state index is 12.3. The number of hydrogen-bond acceptors (Lipinski definition) is 3. The van der Waals surface area contributed by atoms with Gasteiger partial charge in [-0.05, 0) is 58.2 Å². The van der Waals surface area contributed by atoms with Gasteiger partial charge in [-0.15, -0.1) is 0 Å². The highest BCUT2D eigenvalue weighted by Gasteiger charge is 2.20. The van der Waals surface area contributed by atoms with Gasteiger partial charge < -0.3 is 10.6 Å². The molecular weight excluding hydrogens is 350 g/mol. The smallest absolute Gasteiger partial charge is 0.238 e. The zero-order valence-electron chi connectivity index (χ0n) is 15.6. The third-order valence-corrected chi connectivity index (χ3v) is 5.04. The number of likely N-dealkylation sites (N-methyl/N-ethyl adjacent to an activating group) is 1. The summed E-state index contributed by atoms with van der Waals surface area (Å²) in [5, 5.41) is 6.23. The van der Waals surface area contributed by atoms with Crippen LogP contribution in [0.25, 0.3) is 0 Å². The van der Waals surface area contributed by atoms with Crippen molar-refractivity contribution in [3.05, 3.63) is 40.9 Å². The second-order valence-electron chi connectivity index (χ2n) is 6.77. The Hall–Kier alpha value is -1.85. The van der Waals surface area contributed by atoms with Crippen LogP contribution in [0.5, 0.6) is 0 Å². The number of rotatable bonds is 8. The van der Waals surface area contributed by atoms with Crippen LogP contribution in [0.4, 0.5) is 5.69 Å². The third-order valence-electron chi connectivity index (χ3n) is 4.71. The van der Waals surface area contributed by atoms with Crippen LogP contribution >= 0.6 is 11.6 Å². The van der Waals surface area contributed by atoms with Gasteiger partial charge in [0.2, 0.25) is 11.8 Å². The number of para-hydroxylation sites is 1. The number of halogens is 1. The molecular formula is C20H28ClN3O2. The van der Waals surface area contributed by atoms with Crippen LogP contribution in [0, 0.1) is 0 Å². The van der Waals surface area contributed by atoms with Crippen molar-refractivity contribution in [1.82, 2.24) is 10.2 Å². The average Bonchev–Trinajstić information content (AvgIpc) is 2.63. The van der Waals surface area contributed by atoms with Crippen molar-refractivity contribution in [1.29, 1.82) is 0 Å². The van der Waals surface area contributed by atoms with E-state index in [1.165, 1.54) is 18.4 Å². The molecule has 142 valence electrons. The molecule has 1 aliphatic carbocycles. The molecule has 0 bridgehead atoms. The lowest BCUT2D eigenvalue weighted by Gasteiger charge is -2.23. The van der Waals surface area contributed by atoms with Crippen molar-refractivity contribution < 1.29 is 9.59 Å². The van der Waals surface area contributed by atoms with Gasteiger partial charge >= 0.3 is 0 Å². The van der Waals surface area contributed by atoms with Crippen LogP contribution in [-0.2, 0) is 9.59 Å². The Morgan fingerprint density at radius 2 is 2.04 bits per heavy atom. The number of benzene rings is 1. The molecule has 0 aromatic heterocycles. The number of anilines is 1. The Kier molecular flexibility index (Phi) is 8.13. The van der Waals surface area contributed by atoms with E-state index in [1.54, 1.807) is 37.1 Å². The second kappa shape index (κ2) is 10.3. The summed E-state index contributed by atoms with van der Waals surface area (Å²) >= 11 is 6.04. The van der Waals surface area contributed by atoms with Crippen molar-refractivity contribution in [3.63, 3.8) is 0 Å². The molecule has 1 aliphatic rings. The molecule has 0 aliphatic heterocycles. The van der Waals surface area contributed by atoms with Crippen LogP contribution < -0.4 is 10.6 Å². The molecule has 0 radical (unpaired) electrons. The molecule has 0 saturated heterocycles. The summed E-state index contributed by atoms with van der Waals surface area (Å²) in [5.41, 5.74) is 2.02. The summed E-state index contributed by atoms with van der Waals surface area (Å²) in [6.45, 7) is 2.57. The lowest BCUT2D eigenvalue weighted by Crippen LogP contribution is -2.46. The summed E-state index contributed by atoms with van der Waals surface area (Å²) in [7, 11) is 1.76. The van der Waals surface area contributed by atoms with E-state index in [0.717, 1.165) is 19.3 Å². The van der Waals surface area contributed by atoms with Gasteiger partial charge in [0, 0.05) is 6.54 Å². The lowest BCUT2D eigenvalue weighted by molar-refractivity contribution is -0.126. The maximum absolute atomic E-state index is 12.3. The van der Waals surface area contributed by atoms with E-state index < -0.39 is 0 Å². The first-order chi connectivity index (χ1) is 12.5. The van der Waals surface area contributed by atoms with Crippen molar-refractivity contribution >= 4 is 29.1 Å². The molecule has 0 saturated carbocycles.